The molecule has 0 aliphatic rings. The van der Waals surface area contributed by atoms with Gasteiger partial charge < -0.3 is 9.13 Å². The molecule has 0 N–H and O–H groups in total. The van der Waals surface area contributed by atoms with E-state index < -0.39 is 0 Å². The number of hydrogen-bond acceptors (Lipinski definition) is 0. The normalized spacial score (nSPS) is 11.6. The Morgan fingerprint density at radius 3 is 1.36 bits per heavy atom. The maximum atomic E-state index is 2.44. The van der Waals surface area contributed by atoms with Crippen molar-refractivity contribution >= 4 is 43.6 Å². The van der Waals surface area contributed by atoms with Crippen LogP contribution in [0.5, 0.6) is 0 Å². The van der Waals surface area contributed by atoms with E-state index in [0.717, 1.165) is 11.4 Å². The summed E-state index contributed by atoms with van der Waals surface area (Å²) >= 11 is 0. The van der Waals surface area contributed by atoms with E-state index in [4.69, 9.17) is 0 Å². The van der Waals surface area contributed by atoms with Crippen molar-refractivity contribution in [3.63, 3.8) is 0 Å². The lowest BCUT2D eigenvalue weighted by Gasteiger charge is -2.11. The summed E-state index contributed by atoms with van der Waals surface area (Å²) in [6, 6.07) is 70.3. The fourth-order valence-electron chi connectivity index (χ4n) is 7.82. The summed E-state index contributed by atoms with van der Waals surface area (Å²) in [5.74, 6) is 0. The molecular formula is C48H32N2. The summed E-state index contributed by atoms with van der Waals surface area (Å²) in [4.78, 5) is 0. The molecule has 8 aromatic carbocycles. The number of aromatic nitrogens is 2. The molecule has 0 aliphatic carbocycles. The van der Waals surface area contributed by atoms with Gasteiger partial charge in [-0.1, -0.05) is 140 Å². The standard InChI is InChI=1S/C48H32N2/c1-4-13-33(14-5-1)35-23-25-36(26-24-35)37-17-12-20-40(31-37)50-43-22-11-10-21-41(43)47-45(50)29-30-46-48(47)42-32-38(34-15-6-2-7-16-34)27-28-44(42)49(46)39-18-8-3-9-19-39/h1-32H. The van der Waals surface area contributed by atoms with E-state index in [2.05, 4.69) is 203 Å². The topological polar surface area (TPSA) is 9.86 Å². The predicted octanol–water partition coefficient (Wildman–Crippen LogP) is 12.9. The minimum Gasteiger partial charge on any atom is -0.309 e. The second kappa shape index (κ2) is 11.5. The molecule has 2 heteroatoms. The van der Waals surface area contributed by atoms with Gasteiger partial charge in [0.05, 0.1) is 22.1 Å². The Balaban J connectivity index is 1.22. The first-order chi connectivity index (χ1) is 24.8. The van der Waals surface area contributed by atoms with Gasteiger partial charge in [-0.15, -0.1) is 0 Å². The van der Waals surface area contributed by atoms with Gasteiger partial charge in [0.1, 0.15) is 0 Å². The molecule has 2 nitrogen and oxygen atoms in total. The van der Waals surface area contributed by atoms with Crippen molar-refractivity contribution < 1.29 is 0 Å². The van der Waals surface area contributed by atoms with Crippen molar-refractivity contribution in [3.05, 3.63) is 194 Å². The largest absolute Gasteiger partial charge is 0.309 e. The van der Waals surface area contributed by atoms with Crippen LogP contribution in [-0.4, -0.2) is 9.13 Å². The molecular weight excluding hydrogens is 605 g/mol. The van der Waals surface area contributed by atoms with Gasteiger partial charge in [-0.25, -0.2) is 0 Å². The second-order valence-corrected chi connectivity index (χ2v) is 13.0. The first-order valence-electron chi connectivity index (χ1n) is 17.2. The number of benzene rings is 8. The number of para-hydroxylation sites is 2. The van der Waals surface area contributed by atoms with Crippen molar-refractivity contribution in [2.24, 2.45) is 0 Å². The minimum absolute atomic E-state index is 1.15. The van der Waals surface area contributed by atoms with Gasteiger partial charge in [-0.3, -0.25) is 0 Å². The highest BCUT2D eigenvalue weighted by Gasteiger charge is 2.21. The predicted molar refractivity (Wildman–Crippen MR) is 211 cm³/mol. The van der Waals surface area contributed by atoms with Crippen LogP contribution >= 0.6 is 0 Å². The van der Waals surface area contributed by atoms with Crippen LogP contribution in [0.1, 0.15) is 0 Å². The van der Waals surface area contributed by atoms with Crippen LogP contribution in [0.3, 0.4) is 0 Å². The third-order valence-corrected chi connectivity index (χ3v) is 10.1. The van der Waals surface area contributed by atoms with Gasteiger partial charge in [0, 0.05) is 32.9 Å². The van der Waals surface area contributed by atoms with Crippen LogP contribution in [-0.2, 0) is 0 Å². The highest BCUT2D eigenvalue weighted by Crippen LogP contribution is 2.43. The average Bonchev–Trinajstić information content (AvgIpc) is 3.71. The lowest BCUT2D eigenvalue weighted by Crippen LogP contribution is -1.95. The third kappa shape index (κ3) is 4.50. The van der Waals surface area contributed by atoms with Gasteiger partial charge in [0.15, 0.2) is 0 Å². The molecule has 10 aromatic rings. The number of nitrogens with zero attached hydrogens (tertiary/aromatic N) is 2. The van der Waals surface area contributed by atoms with Gasteiger partial charge in [-0.2, -0.15) is 0 Å². The van der Waals surface area contributed by atoms with Gasteiger partial charge in [0.25, 0.3) is 0 Å². The van der Waals surface area contributed by atoms with Crippen molar-refractivity contribution in [1.29, 1.82) is 0 Å². The molecule has 0 unspecified atom stereocenters. The smallest absolute Gasteiger partial charge is 0.0548 e. The third-order valence-electron chi connectivity index (χ3n) is 10.1. The van der Waals surface area contributed by atoms with E-state index in [1.54, 1.807) is 0 Å². The maximum absolute atomic E-state index is 2.44. The van der Waals surface area contributed by atoms with E-state index in [1.807, 2.05) is 0 Å². The summed E-state index contributed by atoms with van der Waals surface area (Å²) in [5, 5.41) is 5.07. The minimum atomic E-state index is 1.15. The molecule has 0 saturated heterocycles. The lowest BCUT2D eigenvalue weighted by molar-refractivity contribution is 1.17. The average molecular weight is 637 g/mol. The zero-order valence-electron chi connectivity index (χ0n) is 27.4. The highest BCUT2D eigenvalue weighted by molar-refractivity contribution is 6.29. The van der Waals surface area contributed by atoms with Gasteiger partial charge in [-0.05, 0) is 88.0 Å². The van der Waals surface area contributed by atoms with Crippen LogP contribution < -0.4 is 0 Å². The monoisotopic (exact) mass is 636 g/mol. The van der Waals surface area contributed by atoms with Crippen LogP contribution in [0.25, 0.3) is 88.4 Å². The number of fused-ring (bicyclic) bond motifs is 7. The van der Waals surface area contributed by atoms with E-state index in [0.29, 0.717) is 0 Å². The van der Waals surface area contributed by atoms with Gasteiger partial charge in [0.2, 0.25) is 0 Å². The zero-order chi connectivity index (χ0) is 33.0. The molecule has 0 bridgehead atoms. The van der Waals surface area contributed by atoms with Crippen LogP contribution in [0.4, 0.5) is 0 Å². The molecule has 50 heavy (non-hydrogen) atoms. The van der Waals surface area contributed by atoms with Crippen LogP contribution in [0.15, 0.2) is 194 Å². The lowest BCUT2D eigenvalue weighted by atomic mass is 10.00. The van der Waals surface area contributed by atoms with Crippen molar-refractivity contribution in [1.82, 2.24) is 9.13 Å². The highest BCUT2D eigenvalue weighted by atomic mass is 15.0. The summed E-state index contributed by atoms with van der Waals surface area (Å²) < 4.78 is 4.86. The van der Waals surface area contributed by atoms with Crippen LogP contribution in [0.2, 0.25) is 0 Å². The zero-order valence-corrected chi connectivity index (χ0v) is 27.4. The summed E-state index contributed by atoms with van der Waals surface area (Å²) in [6.45, 7) is 0. The van der Waals surface area contributed by atoms with E-state index in [9.17, 15) is 0 Å². The molecule has 0 radical (unpaired) electrons. The molecule has 0 spiro atoms. The number of rotatable bonds is 5. The van der Waals surface area contributed by atoms with Crippen molar-refractivity contribution in [3.8, 4) is 44.8 Å². The Morgan fingerprint density at radius 2 is 0.660 bits per heavy atom. The molecule has 0 aliphatic heterocycles. The SMILES string of the molecule is c1ccc(-c2ccc(-c3cccc(-n4c5ccccc5c5c6c7cc(-c8ccccc8)ccc7n(-c7ccccc7)c6ccc54)c3)cc2)cc1. The van der Waals surface area contributed by atoms with Crippen molar-refractivity contribution in [2.75, 3.05) is 0 Å². The van der Waals surface area contributed by atoms with E-state index in [-0.39, 0.29) is 0 Å². The molecule has 0 atom stereocenters. The molecule has 0 amide bonds. The van der Waals surface area contributed by atoms with Crippen molar-refractivity contribution in [2.45, 2.75) is 0 Å². The Hall–Kier alpha value is -6.64. The van der Waals surface area contributed by atoms with Crippen LogP contribution in [0, 0.1) is 0 Å². The van der Waals surface area contributed by atoms with E-state index >= 15 is 0 Å². The van der Waals surface area contributed by atoms with E-state index in [1.165, 1.54) is 77.0 Å². The Labute approximate surface area is 290 Å². The molecule has 10 rings (SSSR count). The number of hydrogen-bond donors (Lipinski definition) is 0. The maximum Gasteiger partial charge on any atom is 0.0548 e. The fraction of sp³-hybridized carbons (Fsp3) is 0. The molecule has 0 saturated carbocycles. The second-order valence-electron chi connectivity index (χ2n) is 13.0. The van der Waals surface area contributed by atoms with Gasteiger partial charge >= 0.3 is 0 Å². The summed E-state index contributed by atoms with van der Waals surface area (Å²) in [5.41, 5.74) is 14.4. The Bertz CT molecular complexity index is 2820. The summed E-state index contributed by atoms with van der Waals surface area (Å²) in [7, 11) is 0. The molecule has 2 heterocycles. The quantitative estimate of drug-likeness (QED) is 0.178. The first kappa shape index (κ1) is 28.4. The Morgan fingerprint density at radius 1 is 0.240 bits per heavy atom. The Kier molecular flexibility index (Phi) is 6.53. The summed E-state index contributed by atoms with van der Waals surface area (Å²) in [6.07, 6.45) is 0. The molecule has 234 valence electrons. The fourth-order valence-corrected chi connectivity index (χ4v) is 7.82. The molecule has 0 fully saturated rings. The first-order valence-corrected chi connectivity index (χ1v) is 17.2. The molecule has 2 aromatic heterocycles.